The number of carbonyl (C=O) groups is 1. The van der Waals surface area contributed by atoms with Crippen molar-refractivity contribution in [3.05, 3.63) is 0 Å². The minimum Gasteiger partial charge on any atom is -0.454 e. The van der Waals surface area contributed by atoms with E-state index in [1.165, 1.54) is 0 Å². The Morgan fingerprint density at radius 2 is 1.84 bits per heavy atom. The fourth-order valence-corrected chi connectivity index (χ4v) is 3.00. The van der Waals surface area contributed by atoms with Crippen molar-refractivity contribution in [2.24, 2.45) is 0 Å². The van der Waals surface area contributed by atoms with Gasteiger partial charge in [0.15, 0.2) is 30.4 Å². The molecule has 0 amide bonds. The number of hydrogen-bond acceptors (Lipinski definition) is 6. The SMILES string of the molecule is CCO[C@@H]1C(=O)O[C@H]2[C@@H]3OC(CC)(CC)O[C@@H]3O[C@H]21. The van der Waals surface area contributed by atoms with Crippen LogP contribution in [0.5, 0.6) is 0 Å². The first-order chi connectivity index (χ1) is 9.14. The Labute approximate surface area is 112 Å². The predicted octanol–water partition coefficient (Wildman–Crippen LogP) is 0.973. The molecule has 0 unspecified atom stereocenters. The van der Waals surface area contributed by atoms with Gasteiger partial charge in [-0.15, -0.1) is 0 Å². The van der Waals surface area contributed by atoms with Crippen molar-refractivity contribution in [2.75, 3.05) is 6.61 Å². The minimum atomic E-state index is -0.662. The Bertz CT molecular complexity index is 366. The lowest BCUT2D eigenvalue weighted by Crippen LogP contribution is -2.38. The number of carbonyl (C=O) groups excluding carboxylic acids is 1. The maximum absolute atomic E-state index is 11.7. The van der Waals surface area contributed by atoms with Crippen LogP contribution in [0.1, 0.15) is 33.6 Å². The van der Waals surface area contributed by atoms with E-state index in [0.29, 0.717) is 6.61 Å². The molecule has 0 aromatic rings. The Balaban J connectivity index is 1.75. The molecule has 0 N–H and O–H groups in total. The molecular weight excluding hydrogens is 252 g/mol. The second-order valence-corrected chi connectivity index (χ2v) is 5.06. The van der Waals surface area contributed by atoms with E-state index in [4.69, 9.17) is 23.7 Å². The molecular formula is C13H20O6. The van der Waals surface area contributed by atoms with Crippen molar-refractivity contribution in [3.8, 4) is 0 Å². The highest BCUT2D eigenvalue weighted by Gasteiger charge is 2.64. The third-order valence-corrected chi connectivity index (χ3v) is 4.10. The lowest BCUT2D eigenvalue weighted by Gasteiger charge is -2.27. The van der Waals surface area contributed by atoms with Crippen LogP contribution >= 0.6 is 0 Å². The number of esters is 1. The fourth-order valence-electron chi connectivity index (χ4n) is 3.00. The molecule has 3 aliphatic rings. The van der Waals surface area contributed by atoms with Gasteiger partial charge in [0.2, 0.25) is 0 Å². The Hall–Kier alpha value is -0.690. The summed E-state index contributed by atoms with van der Waals surface area (Å²) in [4.78, 5) is 11.7. The van der Waals surface area contributed by atoms with E-state index < -0.39 is 30.4 Å². The summed E-state index contributed by atoms with van der Waals surface area (Å²) >= 11 is 0. The second-order valence-electron chi connectivity index (χ2n) is 5.06. The third kappa shape index (κ3) is 1.89. The Morgan fingerprint density at radius 3 is 2.47 bits per heavy atom. The molecule has 6 nitrogen and oxygen atoms in total. The third-order valence-electron chi connectivity index (χ3n) is 4.10. The van der Waals surface area contributed by atoms with Crippen LogP contribution in [0.4, 0.5) is 0 Å². The van der Waals surface area contributed by atoms with Crippen molar-refractivity contribution < 1.29 is 28.5 Å². The van der Waals surface area contributed by atoms with Gasteiger partial charge in [-0.1, -0.05) is 13.8 Å². The zero-order valence-electron chi connectivity index (χ0n) is 11.5. The molecule has 19 heavy (non-hydrogen) atoms. The summed E-state index contributed by atoms with van der Waals surface area (Å²) in [5.41, 5.74) is 0. The number of hydrogen-bond donors (Lipinski definition) is 0. The van der Waals surface area contributed by atoms with E-state index >= 15 is 0 Å². The van der Waals surface area contributed by atoms with Crippen LogP contribution in [0.25, 0.3) is 0 Å². The zero-order valence-corrected chi connectivity index (χ0v) is 11.5. The van der Waals surface area contributed by atoms with Gasteiger partial charge in [-0.3, -0.25) is 0 Å². The lowest BCUT2D eigenvalue weighted by molar-refractivity contribution is -0.236. The van der Waals surface area contributed by atoms with Crippen LogP contribution in [-0.4, -0.2) is 49.1 Å². The molecule has 0 bridgehead atoms. The summed E-state index contributed by atoms with van der Waals surface area (Å²) in [5, 5.41) is 0. The van der Waals surface area contributed by atoms with Crippen LogP contribution in [0.15, 0.2) is 0 Å². The largest absolute Gasteiger partial charge is 0.454 e. The molecule has 6 heteroatoms. The number of ether oxygens (including phenoxy) is 5. The van der Waals surface area contributed by atoms with E-state index in [2.05, 4.69) is 0 Å². The van der Waals surface area contributed by atoms with Crippen LogP contribution in [0.3, 0.4) is 0 Å². The van der Waals surface area contributed by atoms with Gasteiger partial charge in [0.1, 0.15) is 6.10 Å². The maximum Gasteiger partial charge on any atom is 0.338 e. The van der Waals surface area contributed by atoms with Crippen LogP contribution in [-0.2, 0) is 28.5 Å². The molecule has 0 saturated carbocycles. The molecule has 3 saturated heterocycles. The summed E-state index contributed by atoms with van der Waals surface area (Å²) in [6, 6.07) is 0. The Kier molecular flexibility index (Phi) is 3.29. The molecule has 3 aliphatic heterocycles. The normalized spacial score (nSPS) is 43.1. The van der Waals surface area contributed by atoms with E-state index in [-0.39, 0.29) is 12.1 Å². The summed E-state index contributed by atoms with van der Waals surface area (Å²) in [6.45, 7) is 6.29. The first-order valence-corrected chi connectivity index (χ1v) is 6.97. The highest BCUT2D eigenvalue weighted by molar-refractivity contribution is 5.78. The van der Waals surface area contributed by atoms with E-state index in [1.807, 2.05) is 20.8 Å². The predicted molar refractivity (Wildman–Crippen MR) is 63.2 cm³/mol. The van der Waals surface area contributed by atoms with E-state index in [1.54, 1.807) is 0 Å². The minimum absolute atomic E-state index is 0.348. The summed E-state index contributed by atoms with van der Waals surface area (Å²) in [6.07, 6.45) is -0.848. The number of fused-ring (bicyclic) bond motifs is 3. The summed E-state index contributed by atoms with van der Waals surface area (Å²) in [5.74, 6) is -0.986. The molecule has 0 aliphatic carbocycles. The maximum atomic E-state index is 11.7. The first kappa shape index (κ1) is 13.3. The lowest BCUT2D eigenvalue weighted by atomic mass is 10.1. The highest BCUT2D eigenvalue weighted by Crippen LogP contribution is 2.45. The second kappa shape index (κ2) is 4.70. The molecule has 0 aromatic heterocycles. The summed E-state index contributed by atoms with van der Waals surface area (Å²) in [7, 11) is 0. The molecule has 0 spiro atoms. The monoisotopic (exact) mass is 272 g/mol. The summed E-state index contributed by atoms with van der Waals surface area (Å²) < 4.78 is 28.4. The van der Waals surface area contributed by atoms with Gasteiger partial charge in [-0.25, -0.2) is 4.79 Å². The van der Waals surface area contributed by atoms with Crippen LogP contribution in [0, 0.1) is 0 Å². The van der Waals surface area contributed by atoms with Gasteiger partial charge >= 0.3 is 5.97 Å². The van der Waals surface area contributed by atoms with Crippen LogP contribution < -0.4 is 0 Å². The highest BCUT2D eigenvalue weighted by atomic mass is 16.9. The van der Waals surface area contributed by atoms with Crippen molar-refractivity contribution in [3.63, 3.8) is 0 Å². The van der Waals surface area contributed by atoms with Crippen molar-refractivity contribution in [1.82, 2.24) is 0 Å². The number of rotatable bonds is 4. The Morgan fingerprint density at radius 1 is 1.11 bits per heavy atom. The molecule has 0 radical (unpaired) electrons. The smallest absolute Gasteiger partial charge is 0.338 e. The van der Waals surface area contributed by atoms with Crippen LogP contribution in [0.2, 0.25) is 0 Å². The molecule has 3 fully saturated rings. The van der Waals surface area contributed by atoms with Gasteiger partial charge < -0.3 is 23.7 Å². The van der Waals surface area contributed by atoms with Gasteiger partial charge in [0, 0.05) is 6.61 Å². The van der Waals surface area contributed by atoms with E-state index in [0.717, 1.165) is 12.8 Å². The fraction of sp³-hybridized carbons (Fsp3) is 0.923. The van der Waals surface area contributed by atoms with Crippen molar-refractivity contribution >= 4 is 5.97 Å². The first-order valence-electron chi connectivity index (χ1n) is 6.97. The van der Waals surface area contributed by atoms with Gasteiger partial charge in [-0.05, 0) is 19.8 Å². The van der Waals surface area contributed by atoms with Gasteiger partial charge in [-0.2, -0.15) is 0 Å². The van der Waals surface area contributed by atoms with Gasteiger partial charge in [0.25, 0.3) is 0 Å². The molecule has 108 valence electrons. The quantitative estimate of drug-likeness (QED) is 0.711. The standard InChI is InChI=1S/C13H20O6/c1-4-13(5-2)18-10-8-7(17-12(10)19-13)9(15-6-3)11(14)16-8/h7-10,12H,4-6H2,1-3H3/t7-,8-,9+,10+,12+/m1/s1. The molecule has 3 rings (SSSR count). The topological polar surface area (TPSA) is 63.2 Å². The zero-order chi connectivity index (χ0) is 13.6. The van der Waals surface area contributed by atoms with Gasteiger partial charge in [0.05, 0.1) is 0 Å². The molecule has 0 aromatic carbocycles. The molecule has 3 heterocycles. The van der Waals surface area contributed by atoms with Crippen molar-refractivity contribution in [2.45, 2.75) is 70.1 Å². The van der Waals surface area contributed by atoms with E-state index in [9.17, 15) is 4.79 Å². The average Bonchev–Trinajstić information content (AvgIpc) is 3.01. The average molecular weight is 272 g/mol. The molecule has 5 atom stereocenters. The van der Waals surface area contributed by atoms with Crippen molar-refractivity contribution in [1.29, 1.82) is 0 Å².